The summed E-state index contributed by atoms with van der Waals surface area (Å²) in [6.45, 7) is 0.0785. The Balaban J connectivity index is 1.31. The number of ether oxygens (including phenoxy) is 4. The van der Waals surface area contributed by atoms with Crippen LogP contribution in [-0.4, -0.2) is 38.5 Å². The Morgan fingerprint density at radius 2 is 1.92 bits per heavy atom. The molecule has 2 N–H and O–H groups in total. The number of rotatable bonds is 9. The number of nitrogens with one attached hydrogen (secondary N) is 2. The fraction of sp³-hybridized carbons (Fsp3) is 0.160. The zero-order valence-electron chi connectivity index (χ0n) is 19.3. The Hall–Kier alpha value is -3.22. The Kier molecular flexibility index (Phi) is 8.95. The van der Waals surface area contributed by atoms with Crippen molar-refractivity contribution in [2.45, 2.75) is 6.61 Å². The maximum atomic E-state index is 12.3. The lowest BCUT2D eigenvalue weighted by molar-refractivity contribution is -0.120. The van der Waals surface area contributed by atoms with E-state index in [0.29, 0.717) is 44.2 Å². The van der Waals surface area contributed by atoms with Crippen molar-refractivity contribution in [3.05, 3.63) is 78.8 Å². The summed E-state index contributed by atoms with van der Waals surface area (Å²) in [5, 5.41) is 7.54. The van der Waals surface area contributed by atoms with Gasteiger partial charge in [0, 0.05) is 21.2 Å². The molecule has 1 aliphatic heterocycles. The van der Waals surface area contributed by atoms with Crippen molar-refractivity contribution >= 4 is 63.8 Å². The average Bonchev–Trinajstić information content (AvgIpc) is 3.35. The van der Waals surface area contributed by atoms with Gasteiger partial charge < -0.3 is 24.3 Å². The molecule has 0 bridgehead atoms. The second kappa shape index (κ2) is 12.3. The molecular weight excluding hydrogens is 636 g/mol. The fourth-order valence-corrected chi connectivity index (χ4v) is 4.51. The van der Waals surface area contributed by atoms with Crippen LogP contribution in [0.1, 0.15) is 21.5 Å². The number of fused-ring (bicyclic) bond motifs is 1. The number of hydrazone groups is 1. The molecule has 9 nitrogen and oxygen atoms in total. The molecule has 0 unspecified atom stereocenters. The van der Waals surface area contributed by atoms with Gasteiger partial charge in [-0.1, -0.05) is 29.3 Å². The van der Waals surface area contributed by atoms with E-state index in [1.807, 2.05) is 6.07 Å². The van der Waals surface area contributed by atoms with E-state index in [-0.39, 0.29) is 19.9 Å². The van der Waals surface area contributed by atoms with Gasteiger partial charge >= 0.3 is 0 Å². The number of hydrogen-bond acceptors (Lipinski definition) is 7. The summed E-state index contributed by atoms with van der Waals surface area (Å²) in [5.74, 6) is 1.17. The molecule has 4 rings (SSSR count). The topological polar surface area (TPSA) is 107 Å². The van der Waals surface area contributed by atoms with E-state index in [2.05, 4.69) is 38.4 Å². The second-order valence-electron chi connectivity index (χ2n) is 7.60. The molecule has 0 aromatic heterocycles. The monoisotopic (exact) mass is 655 g/mol. The highest BCUT2D eigenvalue weighted by molar-refractivity contribution is 14.1. The highest BCUT2D eigenvalue weighted by atomic mass is 127. The predicted molar refractivity (Wildman–Crippen MR) is 147 cm³/mol. The molecule has 1 heterocycles. The molecule has 1 aliphatic rings. The Bertz CT molecular complexity index is 1370. The van der Waals surface area contributed by atoms with Crippen LogP contribution in [-0.2, 0) is 11.4 Å². The molecular formula is C25H20Cl2IN3O6. The van der Waals surface area contributed by atoms with Gasteiger partial charge in [0.15, 0.2) is 23.0 Å². The van der Waals surface area contributed by atoms with Crippen molar-refractivity contribution in [2.24, 2.45) is 5.10 Å². The predicted octanol–water partition coefficient (Wildman–Crippen LogP) is 4.79. The number of hydrogen-bond donors (Lipinski definition) is 2. The molecule has 0 saturated carbocycles. The van der Waals surface area contributed by atoms with Gasteiger partial charge in [0.1, 0.15) is 6.61 Å². The zero-order chi connectivity index (χ0) is 26.4. The van der Waals surface area contributed by atoms with Gasteiger partial charge in [-0.05, 0) is 70.6 Å². The maximum absolute atomic E-state index is 12.3. The summed E-state index contributed by atoms with van der Waals surface area (Å²) in [4.78, 5) is 24.4. The number of nitrogens with zero attached hydrogens (tertiary/aromatic N) is 1. The van der Waals surface area contributed by atoms with Crippen molar-refractivity contribution in [1.29, 1.82) is 0 Å². The lowest BCUT2D eigenvalue weighted by Gasteiger charge is -2.14. The molecule has 0 atom stereocenters. The van der Waals surface area contributed by atoms with Gasteiger partial charge in [-0.15, -0.1) is 0 Å². The van der Waals surface area contributed by atoms with Crippen molar-refractivity contribution in [3.63, 3.8) is 0 Å². The minimum absolute atomic E-state index is 0.111. The average molecular weight is 656 g/mol. The number of carbonyl (C=O) groups excluding carboxylic acids is 2. The molecule has 2 amide bonds. The first-order valence-corrected chi connectivity index (χ1v) is 12.6. The van der Waals surface area contributed by atoms with Gasteiger partial charge in [0.25, 0.3) is 11.8 Å². The maximum Gasteiger partial charge on any atom is 0.259 e. The normalized spacial score (nSPS) is 11.9. The Morgan fingerprint density at radius 1 is 1.11 bits per heavy atom. The van der Waals surface area contributed by atoms with Gasteiger partial charge in [-0.2, -0.15) is 5.10 Å². The fourth-order valence-electron chi connectivity index (χ4n) is 3.26. The van der Waals surface area contributed by atoms with Gasteiger partial charge in [0.05, 0.1) is 23.4 Å². The van der Waals surface area contributed by atoms with Gasteiger partial charge in [-0.3, -0.25) is 9.59 Å². The minimum Gasteiger partial charge on any atom is -0.493 e. The van der Waals surface area contributed by atoms with Crippen LogP contribution in [0.25, 0.3) is 0 Å². The van der Waals surface area contributed by atoms with E-state index in [9.17, 15) is 9.59 Å². The SMILES string of the molecule is COc1cc(/C=N/NC(=O)CNC(=O)c2ccc3c(c2)OCO3)cc(I)c1OCc1ccc(Cl)cc1Cl. The third-order valence-corrected chi connectivity index (χ3v) is 6.47. The molecule has 0 spiro atoms. The smallest absolute Gasteiger partial charge is 0.259 e. The van der Waals surface area contributed by atoms with Crippen LogP contribution in [0.5, 0.6) is 23.0 Å². The summed E-state index contributed by atoms with van der Waals surface area (Å²) in [7, 11) is 1.53. The third kappa shape index (κ3) is 6.96. The van der Waals surface area contributed by atoms with Crippen molar-refractivity contribution in [3.8, 4) is 23.0 Å². The number of methoxy groups -OCH3 is 1. The van der Waals surface area contributed by atoms with E-state index in [1.54, 1.807) is 42.5 Å². The summed E-state index contributed by atoms with van der Waals surface area (Å²) < 4.78 is 22.7. The van der Waals surface area contributed by atoms with E-state index < -0.39 is 11.8 Å². The molecule has 0 fully saturated rings. The van der Waals surface area contributed by atoms with Crippen LogP contribution in [0.15, 0.2) is 53.6 Å². The van der Waals surface area contributed by atoms with Gasteiger partial charge in [0.2, 0.25) is 6.79 Å². The van der Waals surface area contributed by atoms with E-state index in [1.165, 1.54) is 13.3 Å². The number of amides is 2. The number of carbonyl (C=O) groups is 2. The van der Waals surface area contributed by atoms with Crippen LogP contribution in [0.3, 0.4) is 0 Å². The minimum atomic E-state index is -0.494. The second-order valence-corrected chi connectivity index (χ2v) is 9.61. The summed E-state index contributed by atoms with van der Waals surface area (Å²) in [6, 6.07) is 13.5. The van der Waals surface area contributed by atoms with Gasteiger partial charge in [-0.25, -0.2) is 5.43 Å². The van der Waals surface area contributed by atoms with Crippen LogP contribution >= 0.6 is 45.8 Å². The largest absolute Gasteiger partial charge is 0.493 e. The van der Waals surface area contributed by atoms with Crippen molar-refractivity contribution in [2.75, 3.05) is 20.4 Å². The van der Waals surface area contributed by atoms with E-state index >= 15 is 0 Å². The van der Waals surface area contributed by atoms with Crippen LogP contribution < -0.4 is 29.7 Å². The van der Waals surface area contributed by atoms with E-state index in [4.69, 9.17) is 42.1 Å². The summed E-state index contributed by atoms with van der Waals surface area (Å²) in [5.41, 5.74) is 4.18. The van der Waals surface area contributed by atoms with Crippen molar-refractivity contribution in [1.82, 2.24) is 10.7 Å². The molecule has 192 valence electrons. The molecule has 3 aromatic carbocycles. The first kappa shape index (κ1) is 26.8. The van der Waals surface area contributed by atoms with Crippen LogP contribution in [0.4, 0.5) is 0 Å². The zero-order valence-corrected chi connectivity index (χ0v) is 23.0. The van der Waals surface area contributed by atoms with E-state index in [0.717, 1.165) is 9.13 Å². The molecule has 0 saturated heterocycles. The molecule has 0 radical (unpaired) electrons. The Labute approximate surface area is 236 Å². The number of benzene rings is 3. The molecule has 0 aliphatic carbocycles. The first-order chi connectivity index (χ1) is 17.8. The van der Waals surface area contributed by atoms with Crippen LogP contribution in [0, 0.1) is 3.57 Å². The Morgan fingerprint density at radius 3 is 2.70 bits per heavy atom. The lowest BCUT2D eigenvalue weighted by atomic mass is 10.2. The highest BCUT2D eigenvalue weighted by Crippen LogP contribution is 2.35. The standard InChI is InChI=1S/C25H20Cl2IN3O6/c1-34-22-7-14(6-19(28)24(22)35-12-16-2-4-17(26)9-18(16)27)10-30-31-23(32)11-29-25(33)15-3-5-20-21(8-15)37-13-36-20/h2-10H,11-13H2,1H3,(H,29,33)(H,31,32)/b30-10+. The lowest BCUT2D eigenvalue weighted by Crippen LogP contribution is -2.34. The van der Waals surface area contributed by atoms with Crippen LogP contribution in [0.2, 0.25) is 10.0 Å². The quantitative estimate of drug-likeness (QED) is 0.195. The first-order valence-electron chi connectivity index (χ1n) is 10.8. The summed E-state index contributed by atoms with van der Waals surface area (Å²) >= 11 is 14.3. The van der Waals surface area contributed by atoms with Crippen molar-refractivity contribution < 1.29 is 28.5 Å². The molecule has 37 heavy (non-hydrogen) atoms. The molecule has 12 heteroatoms. The highest BCUT2D eigenvalue weighted by Gasteiger charge is 2.17. The summed E-state index contributed by atoms with van der Waals surface area (Å²) in [6.07, 6.45) is 1.46. The third-order valence-electron chi connectivity index (χ3n) is 5.09. The number of halogens is 3. The molecule has 3 aromatic rings.